The van der Waals surface area contributed by atoms with Crippen molar-refractivity contribution in [1.82, 2.24) is 4.98 Å². The first-order valence-electron chi connectivity index (χ1n) is 4.04. The molecule has 0 aliphatic heterocycles. The van der Waals surface area contributed by atoms with Gasteiger partial charge in [-0.25, -0.2) is 8.78 Å². The molecule has 3 N–H and O–H groups in total. The standard InChI is InChI=1S/C8H8F3N3O/c9-4-3-5(10)8(14-7(4)11)13-2-1-6(12)15/h3H,1-2H2,(H2,12,15)(H,13,14). The van der Waals surface area contributed by atoms with Gasteiger partial charge in [-0.2, -0.15) is 9.37 Å². The minimum Gasteiger partial charge on any atom is -0.370 e. The molecule has 0 aromatic carbocycles. The van der Waals surface area contributed by atoms with E-state index >= 15 is 0 Å². The molecule has 0 aliphatic carbocycles. The van der Waals surface area contributed by atoms with E-state index in [-0.39, 0.29) is 13.0 Å². The Morgan fingerprint density at radius 2 is 2.07 bits per heavy atom. The zero-order valence-corrected chi connectivity index (χ0v) is 7.56. The fourth-order valence-electron chi connectivity index (χ4n) is 0.872. The molecular weight excluding hydrogens is 211 g/mol. The molecule has 0 saturated heterocycles. The molecule has 0 saturated carbocycles. The van der Waals surface area contributed by atoms with Gasteiger partial charge in [-0.15, -0.1) is 0 Å². The highest BCUT2D eigenvalue weighted by Gasteiger charge is 2.10. The van der Waals surface area contributed by atoms with Crippen LogP contribution >= 0.6 is 0 Å². The van der Waals surface area contributed by atoms with E-state index in [0.717, 1.165) is 0 Å². The topological polar surface area (TPSA) is 68.0 Å². The molecule has 1 heterocycles. The molecule has 1 aromatic rings. The number of primary amides is 1. The van der Waals surface area contributed by atoms with Crippen LogP contribution in [0.4, 0.5) is 19.0 Å². The van der Waals surface area contributed by atoms with Gasteiger partial charge in [0, 0.05) is 19.0 Å². The van der Waals surface area contributed by atoms with Crippen molar-refractivity contribution in [1.29, 1.82) is 0 Å². The summed E-state index contributed by atoms with van der Waals surface area (Å²) in [5.74, 6) is -4.84. The van der Waals surface area contributed by atoms with Crippen LogP contribution in [0.25, 0.3) is 0 Å². The summed E-state index contributed by atoms with van der Waals surface area (Å²) in [5.41, 5.74) is 4.82. The molecule has 7 heteroatoms. The number of rotatable bonds is 4. The SMILES string of the molecule is NC(=O)CCNc1nc(F)c(F)cc1F. The summed E-state index contributed by atoms with van der Waals surface area (Å²) < 4.78 is 37.9. The average molecular weight is 219 g/mol. The molecule has 82 valence electrons. The minimum absolute atomic E-state index is 0.00429. The van der Waals surface area contributed by atoms with E-state index in [2.05, 4.69) is 10.3 Å². The highest BCUT2D eigenvalue weighted by molar-refractivity contribution is 5.74. The van der Waals surface area contributed by atoms with Crippen molar-refractivity contribution in [2.24, 2.45) is 5.73 Å². The zero-order valence-electron chi connectivity index (χ0n) is 7.56. The van der Waals surface area contributed by atoms with Crippen LogP contribution < -0.4 is 11.1 Å². The molecule has 0 bridgehead atoms. The summed E-state index contributed by atoms with van der Waals surface area (Å²) in [5, 5.41) is 2.32. The van der Waals surface area contributed by atoms with E-state index in [1.54, 1.807) is 0 Å². The predicted molar refractivity (Wildman–Crippen MR) is 46.4 cm³/mol. The number of carbonyl (C=O) groups is 1. The monoisotopic (exact) mass is 219 g/mol. The van der Waals surface area contributed by atoms with Gasteiger partial charge < -0.3 is 11.1 Å². The second-order valence-electron chi connectivity index (χ2n) is 2.73. The molecule has 0 radical (unpaired) electrons. The Morgan fingerprint density at radius 1 is 1.40 bits per heavy atom. The first kappa shape index (κ1) is 11.3. The van der Waals surface area contributed by atoms with Crippen molar-refractivity contribution in [3.8, 4) is 0 Å². The maximum Gasteiger partial charge on any atom is 0.251 e. The fraction of sp³-hybridized carbons (Fsp3) is 0.250. The molecule has 0 atom stereocenters. The van der Waals surface area contributed by atoms with Crippen molar-refractivity contribution in [3.05, 3.63) is 23.6 Å². The van der Waals surface area contributed by atoms with E-state index in [1.807, 2.05) is 0 Å². The van der Waals surface area contributed by atoms with Crippen LogP contribution in [-0.4, -0.2) is 17.4 Å². The number of nitrogens with two attached hydrogens (primary N) is 1. The van der Waals surface area contributed by atoms with Gasteiger partial charge in [-0.3, -0.25) is 4.79 Å². The van der Waals surface area contributed by atoms with Crippen molar-refractivity contribution in [2.45, 2.75) is 6.42 Å². The van der Waals surface area contributed by atoms with Crippen LogP contribution in [0.5, 0.6) is 0 Å². The van der Waals surface area contributed by atoms with Gasteiger partial charge in [-0.05, 0) is 0 Å². The molecule has 4 nitrogen and oxygen atoms in total. The van der Waals surface area contributed by atoms with Gasteiger partial charge in [0.2, 0.25) is 5.91 Å². The second-order valence-corrected chi connectivity index (χ2v) is 2.73. The summed E-state index contributed by atoms with van der Waals surface area (Å²) in [4.78, 5) is 13.3. The Bertz CT molecular complexity index is 384. The number of hydrogen-bond acceptors (Lipinski definition) is 3. The number of halogens is 3. The Hall–Kier alpha value is -1.79. The van der Waals surface area contributed by atoms with Gasteiger partial charge in [-0.1, -0.05) is 0 Å². The molecule has 0 unspecified atom stereocenters. The lowest BCUT2D eigenvalue weighted by atomic mass is 10.4. The predicted octanol–water partition coefficient (Wildman–Crippen LogP) is 0.786. The van der Waals surface area contributed by atoms with Crippen molar-refractivity contribution < 1.29 is 18.0 Å². The normalized spacial score (nSPS) is 10.1. The Labute approximate surface area is 83.3 Å². The largest absolute Gasteiger partial charge is 0.370 e. The van der Waals surface area contributed by atoms with Crippen LogP contribution in [0, 0.1) is 17.6 Å². The van der Waals surface area contributed by atoms with E-state index < -0.39 is 29.3 Å². The summed E-state index contributed by atoms with van der Waals surface area (Å²) in [6.45, 7) is 0.00429. The van der Waals surface area contributed by atoms with E-state index in [4.69, 9.17) is 5.73 Å². The molecular formula is C8H8F3N3O. The van der Waals surface area contributed by atoms with E-state index in [9.17, 15) is 18.0 Å². The number of pyridine rings is 1. The van der Waals surface area contributed by atoms with Crippen LogP contribution in [-0.2, 0) is 4.79 Å². The molecule has 0 fully saturated rings. The van der Waals surface area contributed by atoms with Crippen LogP contribution in [0.1, 0.15) is 6.42 Å². The number of aromatic nitrogens is 1. The van der Waals surface area contributed by atoms with E-state index in [1.165, 1.54) is 0 Å². The Kier molecular flexibility index (Phi) is 3.48. The van der Waals surface area contributed by atoms with Gasteiger partial charge in [0.1, 0.15) is 0 Å². The highest BCUT2D eigenvalue weighted by Crippen LogP contribution is 2.13. The lowest BCUT2D eigenvalue weighted by molar-refractivity contribution is -0.117. The van der Waals surface area contributed by atoms with Crippen molar-refractivity contribution >= 4 is 11.7 Å². The maximum absolute atomic E-state index is 12.9. The Balaban J connectivity index is 2.69. The van der Waals surface area contributed by atoms with E-state index in [0.29, 0.717) is 6.07 Å². The number of nitrogens with one attached hydrogen (secondary N) is 1. The minimum atomic E-state index is -1.40. The van der Waals surface area contributed by atoms with Gasteiger partial charge >= 0.3 is 0 Å². The Morgan fingerprint density at radius 3 is 2.67 bits per heavy atom. The van der Waals surface area contributed by atoms with Crippen molar-refractivity contribution in [3.63, 3.8) is 0 Å². The van der Waals surface area contributed by atoms with Gasteiger partial charge in [0.15, 0.2) is 17.5 Å². The third kappa shape index (κ3) is 3.12. The number of nitrogens with zero attached hydrogens (tertiary/aromatic N) is 1. The van der Waals surface area contributed by atoms with Crippen LogP contribution in [0.15, 0.2) is 6.07 Å². The molecule has 1 amide bonds. The third-order valence-electron chi connectivity index (χ3n) is 1.55. The summed E-state index contributed by atoms with van der Waals surface area (Å²) in [6.07, 6.45) is -0.0554. The molecule has 1 rings (SSSR count). The van der Waals surface area contributed by atoms with Gasteiger partial charge in [0.25, 0.3) is 5.95 Å². The number of carbonyl (C=O) groups excluding carboxylic acids is 1. The molecule has 0 aliphatic rings. The lowest BCUT2D eigenvalue weighted by Crippen LogP contribution is -2.17. The molecule has 15 heavy (non-hydrogen) atoms. The molecule has 1 aromatic heterocycles. The summed E-state index contributed by atoms with van der Waals surface area (Å²) in [6, 6.07) is 0.370. The number of amides is 1. The smallest absolute Gasteiger partial charge is 0.251 e. The lowest BCUT2D eigenvalue weighted by Gasteiger charge is -2.05. The first-order chi connectivity index (χ1) is 7.00. The third-order valence-corrected chi connectivity index (χ3v) is 1.55. The first-order valence-corrected chi connectivity index (χ1v) is 4.04. The zero-order chi connectivity index (χ0) is 11.4. The quantitative estimate of drug-likeness (QED) is 0.735. The van der Waals surface area contributed by atoms with Crippen LogP contribution in [0.3, 0.4) is 0 Å². The summed E-state index contributed by atoms with van der Waals surface area (Å²) in [7, 11) is 0. The van der Waals surface area contributed by atoms with Gasteiger partial charge in [0.05, 0.1) is 0 Å². The summed E-state index contributed by atoms with van der Waals surface area (Å²) >= 11 is 0. The van der Waals surface area contributed by atoms with Crippen LogP contribution in [0.2, 0.25) is 0 Å². The maximum atomic E-state index is 12.9. The van der Waals surface area contributed by atoms with Crippen molar-refractivity contribution in [2.75, 3.05) is 11.9 Å². The fourth-order valence-corrected chi connectivity index (χ4v) is 0.872. The molecule has 0 spiro atoms. The number of anilines is 1. The highest BCUT2D eigenvalue weighted by atomic mass is 19.2. The average Bonchev–Trinajstić information content (AvgIpc) is 2.13. The second kappa shape index (κ2) is 4.63. The number of hydrogen-bond donors (Lipinski definition) is 2.